The van der Waals surface area contributed by atoms with Gasteiger partial charge in [-0.2, -0.15) is 0 Å². The summed E-state index contributed by atoms with van der Waals surface area (Å²) in [6.45, 7) is 9.05. The molecule has 0 bridgehead atoms. The van der Waals surface area contributed by atoms with Gasteiger partial charge in [-0.1, -0.05) is 46.2 Å². The van der Waals surface area contributed by atoms with Crippen LogP contribution in [0.25, 0.3) is 11.0 Å². The lowest BCUT2D eigenvalue weighted by Crippen LogP contribution is -2.36. The molecule has 0 radical (unpaired) electrons. The molecule has 25 heavy (non-hydrogen) atoms. The Hall–Kier alpha value is -1.84. The minimum Gasteiger partial charge on any atom is -0.461 e. The van der Waals surface area contributed by atoms with Gasteiger partial charge in [-0.15, -0.1) is 0 Å². The van der Waals surface area contributed by atoms with Gasteiger partial charge in [0, 0.05) is 6.42 Å². The number of rotatable bonds is 5. The molecular weight excluding hydrogens is 312 g/mol. The van der Waals surface area contributed by atoms with E-state index in [9.17, 15) is 4.79 Å². The van der Waals surface area contributed by atoms with Gasteiger partial charge in [0.05, 0.1) is 11.0 Å². The third-order valence-electron chi connectivity index (χ3n) is 5.58. The lowest BCUT2D eigenvalue weighted by molar-refractivity contribution is -0.156. The van der Waals surface area contributed by atoms with E-state index in [2.05, 4.69) is 32.7 Å². The van der Waals surface area contributed by atoms with E-state index in [1.165, 1.54) is 6.42 Å². The van der Waals surface area contributed by atoms with Crippen LogP contribution in [0.5, 0.6) is 0 Å². The Kier molecular flexibility index (Phi) is 5.45. The number of hydrogen-bond acceptors (Lipinski definition) is 3. The summed E-state index contributed by atoms with van der Waals surface area (Å²) < 4.78 is 7.98. The molecule has 2 aromatic rings. The number of ether oxygens (including phenoxy) is 1. The highest BCUT2D eigenvalue weighted by atomic mass is 16.5. The minimum atomic E-state index is -0.136. The van der Waals surface area contributed by atoms with E-state index in [-0.39, 0.29) is 18.6 Å². The minimum absolute atomic E-state index is 0.0520. The van der Waals surface area contributed by atoms with Crippen LogP contribution in [0.4, 0.5) is 0 Å². The lowest BCUT2D eigenvalue weighted by atomic mass is 9.75. The van der Waals surface area contributed by atoms with Crippen molar-refractivity contribution >= 4 is 17.0 Å². The lowest BCUT2D eigenvalue weighted by Gasteiger charge is -2.36. The summed E-state index contributed by atoms with van der Waals surface area (Å²) in [5, 5.41) is 0. The van der Waals surface area contributed by atoms with Gasteiger partial charge in [0.25, 0.3) is 0 Å². The Morgan fingerprint density at radius 3 is 2.80 bits per heavy atom. The number of aryl methyl sites for hydroxylation is 1. The van der Waals surface area contributed by atoms with Crippen LogP contribution in [0.2, 0.25) is 0 Å². The van der Waals surface area contributed by atoms with Crippen LogP contribution in [0.15, 0.2) is 24.3 Å². The molecule has 3 rings (SSSR count). The van der Waals surface area contributed by atoms with Crippen molar-refractivity contribution in [2.45, 2.75) is 66.0 Å². The molecule has 0 aliphatic heterocycles. The van der Waals surface area contributed by atoms with E-state index >= 15 is 0 Å². The molecule has 0 amide bonds. The Balaban J connectivity index is 1.76. The normalized spacial score (nSPS) is 24.0. The summed E-state index contributed by atoms with van der Waals surface area (Å²) >= 11 is 0. The second-order valence-corrected chi connectivity index (χ2v) is 7.81. The Morgan fingerprint density at radius 1 is 1.32 bits per heavy atom. The molecule has 1 fully saturated rings. The molecule has 1 heterocycles. The van der Waals surface area contributed by atoms with Crippen molar-refractivity contribution in [3.05, 3.63) is 30.1 Å². The molecule has 0 spiro atoms. The van der Waals surface area contributed by atoms with Crippen LogP contribution < -0.4 is 0 Å². The molecule has 1 aliphatic carbocycles. The van der Waals surface area contributed by atoms with Crippen LogP contribution in [-0.4, -0.2) is 21.6 Å². The van der Waals surface area contributed by atoms with Crippen LogP contribution >= 0.6 is 0 Å². The summed E-state index contributed by atoms with van der Waals surface area (Å²) in [6, 6.07) is 7.99. The zero-order chi connectivity index (χ0) is 18.0. The Morgan fingerprint density at radius 2 is 2.08 bits per heavy atom. The van der Waals surface area contributed by atoms with Crippen LogP contribution in [0, 0.1) is 17.8 Å². The maximum Gasteiger partial charge on any atom is 0.326 e. The molecule has 1 aromatic carbocycles. The first-order chi connectivity index (χ1) is 12.0. The van der Waals surface area contributed by atoms with Gasteiger partial charge in [0.15, 0.2) is 0 Å². The van der Waals surface area contributed by atoms with Gasteiger partial charge in [-0.3, -0.25) is 4.79 Å². The highest BCUT2D eigenvalue weighted by Gasteiger charge is 2.33. The predicted molar refractivity (Wildman–Crippen MR) is 100 cm³/mol. The van der Waals surface area contributed by atoms with Crippen molar-refractivity contribution in [3.8, 4) is 0 Å². The molecule has 4 heteroatoms. The number of fused-ring (bicyclic) bond motifs is 1. The summed E-state index contributed by atoms with van der Waals surface area (Å²) in [7, 11) is 0. The topological polar surface area (TPSA) is 44.1 Å². The second-order valence-electron chi connectivity index (χ2n) is 7.81. The van der Waals surface area contributed by atoms with E-state index in [1.54, 1.807) is 0 Å². The molecule has 0 N–H and O–H groups in total. The number of carbonyl (C=O) groups excluding carboxylic acids is 1. The molecule has 136 valence electrons. The number of hydrogen-bond donors (Lipinski definition) is 0. The second kappa shape index (κ2) is 7.59. The van der Waals surface area contributed by atoms with Crippen LogP contribution in [-0.2, 0) is 22.5 Å². The van der Waals surface area contributed by atoms with Gasteiger partial charge in [-0.05, 0) is 42.7 Å². The van der Waals surface area contributed by atoms with Crippen molar-refractivity contribution in [3.63, 3.8) is 0 Å². The number of benzene rings is 1. The van der Waals surface area contributed by atoms with Gasteiger partial charge >= 0.3 is 5.97 Å². The first-order valence-corrected chi connectivity index (χ1v) is 9.63. The van der Waals surface area contributed by atoms with E-state index < -0.39 is 0 Å². The van der Waals surface area contributed by atoms with E-state index in [0.29, 0.717) is 17.8 Å². The fourth-order valence-corrected chi connectivity index (χ4v) is 4.16. The predicted octanol–water partition coefficient (Wildman–Crippen LogP) is 4.60. The first-order valence-electron chi connectivity index (χ1n) is 9.63. The van der Waals surface area contributed by atoms with E-state index in [4.69, 9.17) is 4.74 Å². The Labute approximate surface area is 150 Å². The Bertz CT molecular complexity index is 735. The molecule has 1 saturated carbocycles. The van der Waals surface area contributed by atoms with Gasteiger partial charge in [-0.25, -0.2) is 4.98 Å². The zero-order valence-electron chi connectivity index (χ0n) is 15.9. The SMILES string of the molecule is CCc1nc2ccccc2n1CC(=O)O[C@H]1C[C@H](C)CCC1C(C)C. The quantitative estimate of drug-likeness (QED) is 0.746. The summed E-state index contributed by atoms with van der Waals surface area (Å²) in [6.07, 6.45) is 4.24. The standard InChI is InChI=1S/C21H30N2O2/c1-5-20-22-17-8-6-7-9-18(17)23(20)13-21(24)25-19-12-15(4)10-11-16(19)14(2)3/h6-9,14-16,19H,5,10-13H2,1-4H3/t15-,16?,19+/m1/s1. The van der Waals surface area contributed by atoms with Gasteiger partial charge < -0.3 is 9.30 Å². The molecule has 1 unspecified atom stereocenters. The fourth-order valence-electron chi connectivity index (χ4n) is 4.16. The van der Waals surface area contributed by atoms with Gasteiger partial charge in [0.2, 0.25) is 0 Å². The summed E-state index contributed by atoms with van der Waals surface area (Å²) in [5.41, 5.74) is 1.95. The number of para-hydroxylation sites is 2. The highest BCUT2D eigenvalue weighted by molar-refractivity contribution is 5.79. The van der Waals surface area contributed by atoms with Crippen molar-refractivity contribution in [2.24, 2.45) is 17.8 Å². The van der Waals surface area contributed by atoms with Crippen molar-refractivity contribution in [1.29, 1.82) is 0 Å². The average molecular weight is 342 g/mol. The maximum atomic E-state index is 12.7. The van der Waals surface area contributed by atoms with Crippen molar-refractivity contribution < 1.29 is 9.53 Å². The smallest absolute Gasteiger partial charge is 0.326 e. The highest BCUT2D eigenvalue weighted by Crippen LogP contribution is 2.35. The fraction of sp³-hybridized carbons (Fsp3) is 0.619. The largest absolute Gasteiger partial charge is 0.461 e. The van der Waals surface area contributed by atoms with E-state index in [0.717, 1.165) is 36.1 Å². The number of imidazole rings is 1. The summed E-state index contributed by atoms with van der Waals surface area (Å²) in [4.78, 5) is 17.3. The van der Waals surface area contributed by atoms with Crippen LogP contribution in [0.3, 0.4) is 0 Å². The van der Waals surface area contributed by atoms with Gasteiger partial charge in [0.1, 0.15) is 18.5 Å². The monoisotopic (exact) mass is 342 g/mol. The first kappa shape index (κ1) is 18.0. The number of carbonyl (C=O) groups is 1. The average Bonchev–Trinajstić information content (AvgIpc) is 2.92. The van der Waals surface area contributed by atoms with Crippen molar-refractivity contribution in [2.75, 3.05) is 0 Å². The number of nitrogens with zero attached hydrogens (tertiary/aromatic N) is 2. The third-order valence-corrected chi connectivity index (χ3v) is 5.58. The molecule has 0 saturated heterocycles. The molecule has 3 atom stereocenters. The molecule has 1 aromatic heterocycles. The maximum absolute atomic E-state index is 12.7. The van der Waals surface area contributed by atoms with Crippen molar-refractivity contribution in [1.82, 2.24) is 9.55 Å². The molecule has 4 nitrogen and oxygen atoms in total. The summed E-state index contributed by atoms with van der Waals surface area (Å²) in [5.74, 6) is 2.46. The number of aromatic nitrogens is 2. The molecule has 1 aliphatic rings. The van der Waals surface area contributed by atoms with Crippen LogP contribution in [0.1, 0.15) is 52.8 Å². The van der Waals surface area contributed by atoms with E-state index in [1.807, 2.05) is 28.8 Å². The zero-order valence-corrected chi connectivity index (χ0v) is 15.9. The molecular formula is C21H30N2O2. The number of esters is 1. The third kappa shape index (κ3) is 3.88.